The van der Waals surface area contributed by atoms with Crippen molar-refractivity contribution in [1.82, 2.24) is 5.32 Å². The highest BCUT2D eigenvalue weighted by molar-refractivity contribution is 6.36. The van der Waals surface area contributed by atoms with Crippen molar-refractivity contribution in [3.05, 3.63) is 52.0 Å². The molecule has 0 aliphatic carbocycles. The van der Waals surface area contributed by atoms with Crippen LogP contribution in [0.15, 0.2) is 36.4 Å². The normalized spacial score (nSPS) is 10.3. The topological polar surface area (TPSA) is 59.6 Å². The van der Waals surface area contributed by atoms with Gasteiger partial charge >= 0.3 is 0 Å². The van der Waals surface area contributed by atoms with E-state index in [-0.39, 0.29) is 12.5 Å². The van der Waals surface area contributed by atoms with Crippen molar-refractivity contribution in [3.63, 3.8) is 0 Å². The Morgan fingerprint density at radius 2 is 1.79 bits per heavy atom. The molecule has 2 aromatic rings. The van der Waals surface area contributed by atoms with Crippen LogP contribution in [0.1, 0.15) is 5.56 Å². The summed E-state index contributed by atoms with van der Waals surface area (Å²) in [5.41, 5.74) is 1.50. The van der Waals surface area contributed by atoms with E-state index < -0.39 is 0 Å². The first-order valence-electron chi connectivity index (χ1n) is 7.20. The Balaban J connectivity index is 1.86. The van der Waals surface area contributed by atoms with E-state index in [1.54, 1.807) is 32.4 Å². The molecule has 0 bridgehead atoms. The number of halogens is 2. The van der Waals surface area contributed by atoms with E-state index in [9.17, 15) is 4.79 Å². The van der Waals surface area contributed by atoms with Crippen LogP contribution >= 0.6 is 23.2 Å². The van der Waals surface area contributed by atoms with Gasteiger partial charge in [-0.2, -0.15) is 0 Å². The zero-order valence-corrected chi connectivity index (χ0v) is 14.9. The molecule has 0 heterocycles. The molecule has 0 radical (unpaired) electrons. The Bertz CT molecular complexity index is 723. The van der Waals surface area contributed by atoms with Gasteiger partial charge in [0.15, 0.2) is 11.5 Å². The van der Waals surface area contributed by atoms with Crippen LogP contribution in [0.2, 0.25) is 10.0 Å². The maximum absolute atomic E-state index is 12.0. The number of ether oxygens (including phenoxy) is 2. The second-order valence-corrected chi connectivity index (χ2v) is 5.81. The van der Waals surface area contributed by atoms with E-state index in [0.29, 0.717) is 33.8 Å². The summed E-state index contributed by atoms with van der Waals surface area (Å²) in [6.45, 7) is 0.662. The molecule has 0 aliphatic rings. The second-order valence-electron chi connectivity index (χ2n) is 4.97. The molecule has 0 atom stereocenters. The fourth-order valence-electron chi connectivity index (χ4n) is 2.10. The minimum absolute atomic E-state index is 0.146. The predicted molar refractivity (Wildman–Crippen MR) is 96.3 cm³/mol. The first-order chi connectivity index (χ1) is 11.5. The third-order valence-corrected chi connectivity index (χ3v) is 3.82. The van der Waals surface area contributed by atoms with Gasteiger partial charge in [-0.25, -0.2) is 0 Å². The quantitative estimate of drug-likeness (QED) is 0.781. The summed E-state index contributed by atoms with van der Waals surface area (Å²) >= 11 is 11.8. The van der Waals surface area contributed by atoms with Crippen molar-refractivity contribution in [2.45, 2.75) is 6.54 Å². The molecule has 2 aromatic carbocycles. The molecule has 0 unspecified atom stereocenters. The molecular formula is C17H18Cl2N2O3. The number of rotatable bonds is 7. The minimum atomic E-state index is -0.195. The first-order valence-corrected chi connectivity index (χ1v) is 7.95. The van der Waals surface area contributed by atoms with Gasteiger partial charge in [0.2, 0.25) is 5.91 Å². The van der Waals surface area contributed by atoms with Gasteiger partial charge in [0.1, 0.15) is 0 Å². The zero-order chi connectivity index (χ0) is 17.5. The van der Waals surface area contributed by atoms with Crippen LogP contribution in [0.5, 0.6) is 11.5 Å². The summed E-state index contributed by atoms with van der Waals surface area (Å²) in [5.74, 6) is 1.12. The van der Waals surface area contributed by atoms with Crippen molar-refractivity contribution in [1.29, 1.82) is 0 Å². The summed E-state index contributed by atoms with van der Waals surface area (Å²) in [4.78, 5) is 12.0. The van der Waals surface area contributed by atoms with Gasteiger partial charge < -0.3 is 20.1 Å². The van der Waals surface area contributed by atoms with Gasteiger partial charge in [-0.3, -0.25) is 4.79 Å². The number of carbonyl (C=O) groups excluding carboxylic acids is 1. The summed E-state index contributed by atoms with van der Waals surface area (Å²) < 4.78 is 10.4. The van der Waals surface area contributed by atoms with Crippen molar-refractivity contribution in [2.24, 2.45) is 0 Å². The van der Waals surface area contributed by atoms with E-state index in [2.05, 4.69) is 10.6 Å². The summed E-state index contributed by atoms with van der Waals surface area (Å²) in [5, 5.41) is 6.71. The third kappa shape index (κ3) is 5.03. The second kappa shape index (κ2) is 8.78. The fourth-order valence-corrected chi connectivity index (χ4v) is 2.55. The van der Waals surface area contributed by atoms with Crippen LogP contribution in [-0.4, -0.2) is 26.7 Å². The highest BCUT2D eigenvalue weighted by Gasteiger charge is 2.07. The van der Waals surface area contributed by atoms with Crippen molar-refractivity contribution < 1.29 is 14.3 Å². The number of methoxy groups -OCH3 is 2. The number of hydrogen-bond acceptors (Lipinski definition) is 4. The fraction of sp³-hybridized carbons (Fsp3) is 0.235. The van der Waals surface area contributed by atoms with Crippen LogP contribution in [0.25, 0.3) is 0 Å². The Hall–Kier alpha value is -1.95. The highest BCUT2D eigenvalue weighted by atomic mass is 35.5. The number of nitrogens with one attached hydrogen (secondary N) is 2. The molecule has 0 aromatic heterocycles. The average Bonchev–Trinajstić information content (AvgIpc) is 2.57. The van der Waals surface area contributed by atoms with Gasteiger partial charge in [-0.05, 0) is 35.9 Å². The van der Waals surface area contributed by atoms with Crippen LogP contribution in [0.4, 0.5) is 5.69 Å². The lowest BCUT2D eigenvalue weighted by Gasteiger charge is -2.11. The van der Waals surface area contributed by atoms with Crippen LogP contribution in [-0.2, 0) is 11.3 Å². The Kier molecular flexibility index (Phi) is 6.73. The molecular weight excluding hydrogens is 351 g/mol. The molecule has 0 aliphatic heterocycles. The van der Waals surface area contributed by atoms with E-state index in [4.69, 9.17) is 32.7 Å². The zero-order valence-electron chi connectivity index (χ0n) is 13.4. The summed E-state index contributed by atoms with van der Waals surface area (Å²) in [6.07, 6.45) is 0. The van der Waals surface area contributed by atoms with Crippen molar-refractivity contribution >= 4 is 34.8 Å². The van der Waals surface area contributed by atoms with E-state index in [1.807, 2.05) is 18.2 Å². The summed E-state index contributed by atoms with van der Waals surface area (Å²) in [6, 6.07) is 10.5. The van der Waals surface area contributed by atoms with Crippen LogP contribution in [0, 0.1) is 0 Å². The number of hydrogen-bond donors (Lipinski definition) is 2. The Morgan fingerprint density at radius 1 is 1.04 bits per heavy atom. The molecule has 0 saturated carbocycles. The lowest BCUT2D eigenvalue weighted by Crippen LogP contribution is -2.27. The monoisotopic (exact) mass is 368 g/mol. The lowest BCUT2D eigenvalue weighted by atomic mass is 10.2. The third-order valence-electron chi connectivity index (χ3n) is 3.27. The number of benzene rings is 2. The van der Waals surface area contributed by atoms with Gasteiger partial charge in [0.05, 0.1) is 31.5 Å². The summed E-state index contributed by atoms with van der Waals surface area (Å²) in [7, 11) is 3.17. The molecule has 5 nitrogen and oxygen atoms in total. The van der Waals surface area contributed by atoms with Gasteiger partial charge in [0.25, 0.3) is 0 Å². The molecule has 7 heteroatoms. The molecule has 24 heavy (non-hydrogen) atoms. The minimum Gasteiger partial charge on any atom is -0.493 e. The Labute approximate surface area is 150 Å². The van der Waals surface area contributed by atoms with Crippen LogP contribution < -0.4 is 20.1 Å². The SMILES string of the molecule is COc1ccc(CNCC(=O)Nc2ccc(Cl)cc2Cl)cc1OC. The highest BCUT2D eigenvalue weighted by Crippen LogP contribution is 2.27. The van der Waals surface area contributed by atoms with E-state index in [0.717, 1.165) is 5.56 Å². The number of carbonyl (C=O) groups is 1. The van der Waals surface area contributed by atoms with Crippen molar-refractivity contribution in [3.8, 4) is 11.5 Å². The smallest absolute Gasteiger partial charge is 0.238 e. The predicted octanol–water partition coefficient (Wildman–Crippen LogP) is 3.74. The number of anilines is 1. The maximum Gasteiger partial charge on any atom is 0.238 e. The molecule has 2 N–H and O–H groups in total. The first kappa shape index (κ1) is 18.4. The van der Waals surface area contributed by atoms with Crippen molar-refractivity contribution in [2.75, 3.05) is 26.1 Å². The van der Waals surface area contributed by atoms with E-state index in [1.165, 1.54) is 0 Å². The largest absolute Gasteiger partial charge is 0.493 e. The molecule has 1 amide bonds. The van der Waals surface area contributed by atoms with Gasteiger partial charge in [-0.15, -0.1) is 0 Å². The maximum atomic E-state index is 12.0. The molecule has 128 valence electrons. The van der Waals surface area contributed by atoms with Gasteiger partial charge in [0, 0.05) is 11.6 Å². The molecule has 0 saturated heterocycles. The van der Waals surface area contributed by atoms with E-state index >= 15 is 0 Å². The molecule has 0 spiro atoms. The average molecular weight is 369 g/mol. The van der Waals surface area contributed by atoms with Gasteiger partial charge in [-0.1, -0.05) is 29.3 Å². The number of amides is 1. The Morgan fingerprint density at radius 3 is 2.46 bits per heavy atom. The standard InChI is InChI=1S/C17H18Cl2N2O3/c1-23-15-6-3-11(7-16(15)24-2)9-20-10-17(22)21-14-5-4-12(18)8-13(14)19/h3-8,20H,9-10H2,1-2H3,(H,21,22). The van der Waals surface area contributed by atoms with Crippen LogP contribution in [0.3, 0.4) is 0 Å². The molecule has 0 fully saturated rings. The molecule has 2 rings (SSSR count). The lowest BCUT2D eigenvalue weighted by molar-refractivity contribution is -0.115.